The van der Waals surface area contributed by atoms with Crippen LogP contribution < -0.4 is 10.6 Å². The molecule has 0 saturated heterocycles. The first-order chi connectivity index (χ1) is 21.2. The van der Waals surface area contributed by atoms with Crippen molar-refractivity contribution in [2.24, 2.45) is 20.8 Å². The van der Waals surface area contributed by atoms with Gasteiger partial charge in [0, 0.05) is 61.2 Å². The zero-order valence-corrected chi connectivity index (χ0v) is 28.6. The van der Waals surface area contributed by atoms with Crippen LogP contribution in [0, 0.1) is 10.8 Å². The van der Waals surface area contributed by atoms with Crippen molar-refractivity contribution in [3.63, 3.8) is 0 Å². The quantitative estimate of drug-likeness (QED) is 0.189. The maximum absolute atomic E-state index is 13.1. The molecule has 8 heteroatoms. The lowest BCUT2D eigenvalue weighted by Crippen LogP contribution is -2.43. The van der Waals surface area contributed by atoms with Gasteiger partial charge in [-0.15, -0.1) is 0 Å². The highest BCUT2D eigenvalue weighted by molar-refractivity contribution is 6.03. The number of amides is 2. The summed E-state index contributed by atoms with van der Waals surface area (Å²) in [6.07, 6.45) is 10.2. The van der Waals surface area contributed by atoms with E-state index in [4.69, 9.17) is 9.98 Å². The van der Waals surface area contributed by atoms with Gasteiger partial charge < -0.3 is 20.4 Å². The smallest absolute Gasteiger partial charge is 0.225 e. The molecule has 2 aliphatic heterocycles. The molecule has 0 spiro atoms. The minimum atomic E-state index is -0.283. The minimum absolute atomic E-state index is 0.183. The summed E-state index contributed by atoms with van der Waals surface area (Å²) >= 11 is 0. The molecule has 0 radical (unpaired) electrons. The van der Waals surface area contributed by atoms with Gasteiger partial charge in [0.1, 0.15) is 11.7 Å². The number of rotatable bonds is 20. The largest absolute Gasteiger partial charge is 0.354 e. The summed E-state index contributed by atoms with van der Waals surface area (Å²) in [4.78, 5) is 40.4. The third-order valence-electron chi connectivity index (χ3n) is 9.46. The zero-order chi connectivity index (χ0) is 32.0. The molecule has 2 unspecified atom stereocenters. The summed E-state index contributed by atoms with van der Waals surface area (Å²) in [7, 11) is 0. The molecule has 0 aromatic heterocycles. The van der Waals surface area contributed by atoms with Crippen molar-refractivity contribution in [3.05, 3.63) is 35.4 Å². The number of hydrogen-bond acceptors (Lipinski definition) is 6. The number of benzene rings is 1. The number of aliphatic imine (C=N–C) groups is 2. The second-order valence-corrected chi connectivity index (χ2v) is 13.3. The average Bonchev–Trinajstić information content (AvgIpc) is 3.69. The standard InChI is InChI=1S/C36H60N6O2/c1-7-11-19-35(5,17-9-3)33(43)39-23-27-41-25-21-37-31(41)29-13-15-30(16-14-29)32-38-22-26-42(32)28-24-40-34(44)36(6,18-10-4)20-12-8-2/h13-16H,7-12,17-28H2,1-6H3,(H,39,43)(H,40,44). The van der Waals surface area contributed by atoms with Gasteiger partial charge in [-0.1, -0.05) is 104 Å². The Balaban J connectivity index is 1.53. The van der Waals surface area contributed by atoms with Gasteiger partial charge in [-0.2, -0.15) is 0 Å². The fraction of sp³-hybridized carbons (Fsp3) is 0.722. The predicted octanol–water partition coefficient (Wildman–Crippen LogP) is 6.04. The molecule has 2 N–H and O–H groups in total. The minimum Gasteiger partial charge on any atom is -0.354 e. The van der Waals surface area contributed by atoms with Crippen LogP contribution in [-0.2, 0) is 9.59 Å². The Kier molecular flexibility index (Phi) is 14.2. The summed E-state index contributed by atoms with van der Waals surface area (Å²) in [6.45, 7) is 19.0. The van der Waals surface area contributed by atoms with Crippen LogP contribution in [0.25, 0.3) is 0 Å². The van der Waals surface area contributed by atoms with E-state index >= 15 is 0 Å². The fourth-order valence-corrected chi connectivity index (χ4v) is 6.69. The molecule has 0 fully saturated rings. The lowest BCUT2D eigenvalue weighted by atomic mass is 9.80. The molecule has 0 aliphatic carbocycles. The van der Waals surface area contributed by atoms with E-state index in [1.54, 1.807) is 0 Å². The second kappa shape index (κ2) is 17.6. The average molecular weight is 609 g/mol. The van der Waals surface area contributed by atoms with E-state index in [1.165, 1.54) is 0 Å². The number of carbonyl (C=O) groups excluding carboxylic acids is 2. The van der Waals surface area contributed by atoms with E-state index < -0.39 is 0 Å². The first-order valence-corrected chi connectivity index (χ1v) is 17.5. The Bertz CT molecular complexity index is 1030. The van der Waals surface area contributed by atoms with Crippen LogP contribution in [0.1, 0.15) is 117 Å². The van der Waals surface area contributed by atoms with Crippen molar-refractivity contribution < 1.29 is 9.59 Å². The number of unbranched alkanes of at least 4 members (excludes halogenated alkanes) is 2. The van der Waals surface area contributed by atoms with E-state index in [2.05, 4.69) is 86.2 Å². The van der Waals surface area contributed by atoms with E-state index in [-0.39, 0.29) is 22.6 Å². The molecule has 2 heterocycles. The number of amidine groups is 2. The number of carbonyl (C=O) groups is 2. The maximum atomic E-state index is 13.1. The Hall–Kier alpha value is -2.90. The molecular weight excluding hydrogens is 548 g/mol. The van der Waals surface area contributed by atoms with Gasteiger partial charge >= 0.3 is 0 Å². The fourth-order valence-electron chi connectivity index (χ4n) is 6.69. The topological polar surface area (TPSA) is 89.4 Å². The van der Waals surface area contributed by atoms with E-state index in [0.29, 0.717) is 13.1 Å². The van der Waals surface area contributed by atoms with E-state index in [9.17, 15) is 9.59 Å². The number of nitrogens with zero attached hydrogens (tertiary/aromatic N) is 4. The van der Waals surface area contributed by atoms with Crippen molar-refractivity contribution in [2.75, 3.05) is 52.4 Å². The van der Waals surface area contributed by atoms with Crippen molar-refractivity contribution >= 4 is 23.5 Å². The van der Waals surface area contributed by atoms with E-state index in [1.807, 2.05) is 0 Å². The maximum Gasteiger partial charge on any atom is 0.225 e. The molecule has 0 bridgehead atoms. The molecule has 1 aromatic rings. The summed E-state index contributed by atoms with van der Waals surface area (Å²) in [6, 6.07) is 8.55. The molecule has 246 valence electrons. The molecule has 2 aliphatic rings. The van der Waals surface area contributed by atoms with Crippen molar-refractivity contribution in [3.8, 4) is 0 Å². The van der Waals surface area contributed by atoms with Crippen LogP contribution in [0.2, 0.25) is 0 Å². The van der Waals surface area contributed by atoms with Crippen molar-refractivity contribution in [1.82, 2.24) is 20.4 Å². The molecule has 44 heavy (non-hydrogen) atoms. The van der Waals surface area contributed by atoms with Gasteiger partial charge in [-0.05, 0) is 25.7 Å². The Labute approximate surface area is 267 Å². The Morgan fingerprint density at radius 2 is 1.05 bits per heavy atom. The second-order valence-electron chi connectivity index (χ2n) is 13.3. The molecule has 3 rings (SSSR count). The van der Waals surface area contributed by atoms with E-state index in [0.717, 1.165) is 126 Å². The third-order valence-corrected chi connectivity index (χ3v) is 9.46. The number of nitrogens with one attached hydrogen (secondary N) is 2. The predicted molar refractivity (Wildman–Crippen MR) is 183 cm³/mol. The summed E-state index contributed by atoms with van der Waals surface area (Å²) < 4.78 is 0. The van der Waals surface area contributed by atoms with Crippen LogP contribution in [0.3, 0.4) is 0 Å². The molecule has 2 atom stereocenters. The third kappa shape index (κ3) is 9.55. The normalized spacial score (nSPS) is 17.6. The highest BCUT2D eigenvalue weighted by Gasteiger charge is 2.32. The zero-order valence-electron chi connectivity index (χ0n) is 28.6. The van der Waals surface area contributed by atoms with Gasteiger partial charge in [-0.3, -0.25) is 19.6 Å². The van der Waals surface area contributed by atoms with Crippen LogP contribution in [-0.4, -0.2) is 85.6 Å². The van der Waals surface area contributed by atoms with Crippen LogP contribution in [0.4, 0.5) is 0 Å². The van der Waals surface area contributed by atoms with Crippen molar-refractivity contribution in [1.29, 1.82) is 0 Å². The van der Waals surface area contributed by atoms with Gasteiger partial charge in [-0.25, -0.2) is 0 Å². The van der Waals surface area contributed by atoms with Crippen molar-refractivity contribution in [2.45, 2.75) is 106 Å². The lowest BCUT2D eigenvalue weighted by molar-refractivity contribution is -0.131. The number of hydrogen-bond donors (Lipinski definition) is 2. The Morgan fingerprint density at radius 3 is 1.39 bits per heavy atom. The summed E-state index contributed by atoms with van der Waals surface area (Å²) in [5.41, 5.74) is 1.62. The van der Waals surface area contributed by atoms with Gasteiger partial charge in [0.2, 0.25) is 11.8 Å². The Morgan fingerprint density at radius 1 is 0.659 bits per heavy atom. The van der Waals surface area contributed by atoms with Crippen LogP contribution >= 0.6 is 0 Å². The first-order valence-electron chi connectivity index (χ1n) is 17.5. The van der Waals surface area contributed by atoms with Gasteiger partial charge in [0.05, 0.1) is 13.1 Å². The van der Waals surface area contributed by atoms with Crippen LogP contribution in [0.15, 0.2) is 34.3 Å². The SMILES string of the molecule is CCCCC(C)(CCC)C(=O)NCCN1CCN=C1c1ccc(C2=NCCN2CCNC(=O)C(C)(CCC)CCCC)cc1. The highest BCUT2D eigenvalue weighted by atomic mass is 16.2. The highest BCUT2D eigenvalue weighted by Crippen LogP contribution is 2.31. The molecule has 0 saturated carbocycles. The first kappa shape index (κ1) is 35.6. The molecule has 8 nitrogen and oxygen atoms in total. The van der Waals surface area contributed by atoms with Gasteiger partial charge in [0.15, 0.2) is 0 Å². The lowest BCUT2D eigenvalue weighted by Gasteiger charge is -2.29. The summed E-state index contributed by atoms with van der Waals surface area (Å²) in [5, 5.41) is 6.46. The van der Waals surface area contributed by atoms with Gasteiger partial charge in [0.25, 0.3) is 0 Å². The monoisotopic (exact) mass is 608 g/mol. The molecule has 1 aromatic carbocycles. The molecular formula is C36H60N6O2. The summed E-state index contributed by atoms with van der Waals surface area (Å²) in [5.74, 6) is 2.36. The van der Waals surface area contributed by atoms with Crippen LogP contribution in [0.5, 0.6) is 0 Å². The molecule has 2 amide bonds.